The maximum Gasteiger partial charge on any atom is 0.335 e. The van der Waals surface area contributed by atoms with Gasteiger partial charge in [0, 0.05) is 13.3 Å². The highest BCUT2D eigenvalue weighted by Gasteiger charge is 2.23. The summed E-state index contributed by atoms with van der Waals surface area (Å²) in [7, 11) is 0. The van der Waals surface area contributed by atoms with E-state index in [1.165, 1.54) is 6.92 Å². The highest BCUT2D eigenvalue weighted by molar-refractivity contribution is 5.74. The third-order valence-electron chi connectivity index (χ3n) is 1.38. The molecule has 0 saturated carbocycles. The van der Waals surface area contributed by atoms with Gasteiger partial charge in [-0.15, -0.1) is 0 Å². The van der Waals surface area contributed by atoms with E-state index in [-0.39, 0.29) is 13.0 Å². The third-order valence-corrected chi connectivity index (χ3v) is 1.38. The Balaban J connectivity index is 3.85. The molecular weight excluding hydrogens is 200 g/mol. The fraction of sp³-hybridized carbons (Fsp3) is 0.800. The molecule has 5 nitrogen and oxygen atoms in total. The predicted molar refractivity (Wildman–Crippen MR) is 53.1 cm³/mol. The number of hydrogen-bond donors (Lipinski definition) is 1. The highest BCUT2D eigenvalue weighted by Crippen LogP contribution is 2.09. The highest BCUT2D eigenvalue weighted by atomic mass is 16.6. The molecule has 0 aromatic heterocycles. The molecule has 0 heterocycles. The molecule has 5 heteroatoms. The topological polar surface area (TPSA) is 72.8 Å². The van der Waals surface area contributed by atoms with Gasteiger partial charge < -0.3 is 14.6 Å². The molecular formula is C10H18O5. The fourth-order valence-corrected chi connectivity index (χ4v) is 0.802. The number of rotatable bonds is 4. The SMILES string of the molecule is CC(=O)OCCC(O)C(=O)OC(C)(C)C. The molecule has 88 valence electrons. The first-order valence-corrected chi connectivity index (χ1v) is 4.76. The molecule has 0 radical (unpaired) electrons. The van der Waals surface area contributed by atoms with Crippen LogP contribution in [-0.4, -0.2) is 35.4 Å². The minimum Gasteiger partial charge on any atom is -0.466 e. The van der Waals surface area contributed by atoms with Crippen LogP contribution < -0.4 is 0 Å². The number of aliphatic hydroxyl groups is 1. The van der Waals surface area contributed by atoms with E-state index >= 15 is 0 Å². The number of esters is 2. The molecule has 0 aromatic rings. The van der Waals surface area contributed by atoms with Gasteiger partial charge in [0.15, 0.2) is 6.10 Å². The summed E-state index contributed by atoms with van der Waals surface area (Å²) < 4.78 is 9.51. The molecule has 1 N–H and O–H groups in total. The standard InChI is InChI=1S/C10H18O5/c1-7(11)14-6-5-8(12)9(13)15-10(2,3)4/h8,12H,5-6H2,1-4H3. The van der Waals surface area contributed by atoms with Crippen LogP contribution in [0.1, 0.15) is 34.1 Å². The zero-order chi connectivity index (χ0) is 12.1. The number of aliphatic hydroxyl groups excluding tert-OH is 1. The van der Waals surface area contributed by atoms with E-state index in [0.717, 1.165) is 0 Å². The number of hydrogen-bond acceptors (Lipinski definition) is 5. The Labute approximate surface area is 89.4 Å². The lowest BCUT2D eigenvalue weighted by Crippen LogP contribution is -2.32. The normalized spacial score (nSPS) is 13.1. The molecule has 0 aliphatic rings. The molecule has 0 amide bonds. The average Bonchev–Trinajstić information content (AvgIpc) is 1.99. The Morgan fingerprint density at radius 1 is 1.33 bits per heavy atom. The van der Waals surface area contributed by atoms with E-state index in [1.54, 1.807) is 20.8 Å². The van der Waals surface area contributed by atoms with Gasteiger partial charge in [-0.05, 0) is 20.8 Å². The molecule has 0 saturated heterocycles. The van der Waals surface area contributed by atoms with Gasteiger partial charge in [-0.1, -0.05) is 0 Å². The Morgan fingerprint density at radius 3 is 2.27 bits per heavy atom. The van der Waals surface area contributed by atoms with Crippen molar-refractivity contribution in [2.75, 3.05) is 6.61 Å². The van der Waals surface area contributed by atoms with Crippen molar-refractivity contribution in [3.05, 3.63) is 0 Å². The van der Waals surface area contributed by atoms with Crippen LogP contribution in [0.5, 0.6) is 0 Å². The summed E-state index contributed by atoms with van der Waals surface area (Å²) in [6.07, 6.45) is -1.20. The summed E-state index contributed by atoms with van der Waals surface area (Å²) in [5, 5.41) is 9.33. The number of carbonyl (C=O) groups excluding carboxylic acids is 2. The largest absolute Gasteiger partial charge is 0.466 e. The first kappa shape index (κ1) is 13.9. The van der Waals surface area contributed by atoms with E-state index in [2.05, 4.69) is 4.74 Å². The second-order valence-corrected chi connectivity index (χ2v) is 4.18. The second kappa shape index (κ2) is 5.70. The van der Waals surface area contributed by atoms with Crippen LogP contribution in [-0.2, 0) is 19.1 Å². The molecule has 1 atom stereocenters. The fourth-order valence-electron chi connectivity index (χ4n) is 0.802. The zero-order valence-corrected chi connectivity index (χ0v) is 9.57. The van der Waals surface area contributed by atoms with Crippen molar-refractivity contribution in [1.29, 1.82) is 0 Å². The molecule has 0 fully saturated rings. The molecule has 0 rings (SSSR count). The van der Waals surface area contributed by atoms with Crippen molar-refractivity contribution >= 4 is 11.9 Å². The van der Waals surface area contributed by atoms with Gasteiger partial charge in [-0.2, -0.15) is 0 Å². The summed E-state index contributed by atoms with van der Waals surface area (Å²) in [6, 6.07) is 0. The minimum absolute atomic E-state index is 0.00967. The zero-order valence-electron chi connectivity index (χ0n) is 9.57. The summed E-state index contributed by atoms with van der Waals surface area (Å²) in [6.45, 7) is 6.41. The summed E-state index contributed by atoms with van der Waals surface area (Å²) in [4.78, 5) is 21.6. The van der Waals surface area contributed by atoms with Crippen molar-refractivity contribution in [3.63, 3.8) is 0 Å². The Bertz CT molecular complexity index is 228. The van der Waals surface area contributed by atoms with Crippen LogP contribution in [0.2, 0.25) is 0 Å². The molecule has 0 aromatic carbocycles. The van der Waals surface area contributed by atoms with Gasteiger partial charge in [-0.25, -0.2) is 4.79 Å². The van der Waals surface area contributed by atoms with Crippen LogP contribution in [0.4, 0.5) is 0 Å². The van der Waals surface area contributed by atoms with Crippen LogP contribution in [0.3, 0.4) is 0 Å². The van der Waals surface area contributed by atoms with Gasteiger partial charge in [0.2, 0.25) is 0 Å². The summed E-state index contributed by atoms with van der Waals surface area (Å²) >= 11 is 0. The van der Waals surface area contributed by atoms with Crippen LogP contribution >= 0.6 is 0 Å². The van der Waals surface area contributed by atoms with Crippen molar-refractivity contribution in [2.24, 2.45) is 0 Å². The second-order valence-electron chi connectivity index (χ2n) is 4.18. The predicted octanol–water partition coefficient (Wildman–Crippen LogP) is 0.642. The first-order chi connectivity index (χ1) is 6.72. The smallest absolute Gasteiger partial charge is 0.335 e. The van der Waals surface area contributed by atoms with Gasteiger partial charge >= 0.3 is 11.9 Å². The molecule has 0 spiro atoms. The molecule has 0 aliphatic carbocycles. The third kappa shape index (κ3) is 7.93. The Hall–Kier alpha value is -1.10. The van der Waals surface area contributed by atoms with Crippen molar-refractivity contribution < 1.29 is 24.2 Å². The van der Waals surface area contributed by atoms with Gasteiger partial charge in [-0.3, -0.25) is 4.79 Å². The molecule has 1 unspecified atom stereocenters. The Kier molecular flexibility index (Phi) is 5.28. The van der Waals surface area contributed by atoms with E-state index in [9.17, 15) is 14.7 Å². The first-order valence-electron chi connectivity index (χ1n) is 4.76. The van der Waals surface area contributed by atoms with Crippen molar-refractivity contribution in [2.45, 2.75) is 45.8 Å². The number of carbonyl (C=O) groups is 2. The lowest BCUT2D eigenvalue weighted by atomic mass is 10.2. The maximum atomic E-state index is 11.2. The van der Waals surface area contributed by atoms with E-state index < -0.39 is 23.6 Å². The van der Waals surface area contributed by atoms with E-state index in [0.29, 0.717) is 0 Å². The lowest BCUT2D eigenvalue weighted by Gasteiger charge is -2.21. The van der Waals surface area contributed by atoms with Gasteiger partial charge in [0.05, 0.1) is 6.61 Å². The molecule has 0 bridgehead atoms. The Morgan fingerprint density at radius 2 is 1.87 bits per heavy atom. The quantitative estimate of drug-likeness (QED) is 0.701. The van der Waals surface area contributed by atoms with Gasteiger partial charge in [0.25, 0.3) is 0 Å². The lowest BCUT2D eigenvalue weighted by molar-refractivity contribution is -0.166. The van der Waals surface area contributed by atoms with Crippen LogP contribution in [0.25, 0.3) is 0 Å². The van der Waals surface area contributed by atoms with E-state index in [4.69, 9.17) is 4.74 Å². The van der Waals surface area contributed by atoms with Crippen LogP contribution in [0.15, 0.2) is 0 Å². The monoisotopic (exact) mass is 218 g/mol. The number of ether oxygens (including phenoxy) is 2. The summed E-state index contributed by atoms with van der Waals surface area (Å²) in [5.41, 5.74) is -0.625. The summed E-state index contributed by atoms with van der Waals surface area (Å²) in [5.74, 6) is -1.14. The maximum absolute atomic E-state index is 11.2. The average molecular weight is 218 g/mol. The van der Waals surface area contributed by atoms with E-state index in [1.807, 2.05) is 0 Å². The van der Waals surface area contributed by atoms with Crippen molar-refractivity contribution in [1.82, 2.24) is 0 Å². The molecule has 15 heavy (non-hydrogen) atoms. The molecule has 0 aliphatic heterocycles. The van der Waals surface area contributed by atoms with Gasteiger partial charge in [0.1, 0.15) is 5.60 Å². The van der Waals surface area contributed by atoms with Crippen molar-refractivity contribution in [3.8, 4) is 0 Å². The van der Waals surface area contributed by atoms with Crippen LogP contribution in [0, 0.1) is 0 Å². The minimum atomic E-state index is -1.25.